The van der Waals surface area contributed by atoms with Crippen molar-refractivity contribution in [3.63, 3.8) is 0 Å². The van der Waals surface area contributed by atoms with E-state index in [1.165, 1.54) is 37.7 Å². The van der Waals surface area contributed by atoms with Gasteiger partial charge in [0.1, 0.15) is 0 Å². The van der Waals surface area contributed by atoms with E-state index in [2.05, 4.69) is 35.4 Å². The monoisotopic (exact) mass is 435 g/mol. The van der Waals surface area contributed by atoms with E-state index < -0.39 is 0 Å². The molecule has 1 heterocycles. The van der Waals surface area contributed by atoms with Crippen molar-refractivity contribution in [2.45, 2.75) is 78.2 Å². The molecule has 0 aromatic carbocycles. The summed E-state index contributed by atoms with van der Waals surface area (Å²) >= 11 is 0. The smallest absolute Gasteiger partial charge is 0.271 e. The van der Waals surface area contributed by atoms with Gasteiger partial charge in [-0.1, -0.05) is 19.9 Å². The number of aliphatic hydroxyl groups excluding tert-OH is 1. The van der Waals surface area contributed by atoms with Gasteiger partial charge in [-0.3, -0.25) is 9.78 Å². The van der Waals surface area contributed by atoms with Gasteiger partial charge in [0.25, 0.3) is 5.91 Å². The summed E-state index contributed by atoms with van der Waals surface area (Å²) in [7, 11) is 0. The standard InChI is InChI=1S/C27H37N3O2/c1-17(29-30-25(32)18-10-14-28-15-11-18)22-6-7-23-21-5-4-19-16-20(31)8-12-26(19,2)24(21)9-13-27(22,23)3/h6,10-11,14-15,19-21,23-24,31H,4-5,7-9,12-13,16H2,1-3H3,(H,30,32)/t19-,20+,21-,23-,24+,26+,27-/m1/s1. The highest BCUT2D eigenvalue weighted by molar-refractivity contribution is 6.01. The highest BCUT2D eigenvalue weighted by Gasteiger charge is 2.58. The lowest BCUT2D eigenvalue weighted by molar-refractivity contribution is -0.117. The predicted molar refractivity (Wildman–Crippen MR) is 126 cm³/mol. The van der Waals surface area contributed by atoms with E-state index in [1.807, 2.05) is 6.92 Å². The van der Waals surface area contributed by atoms with Crippen molar-refractivity contribution in [1.82, 2.24) is 10.4 Å². The zero-order chi connectivity index (χ0) is 22.5. The van der Waals surface area contributed by atoms with Gasteiger partial charge in [-0.2, -0.15) is 5.10 Å². The Morgan fingerprint density at radius 1 is 1.12 bits per heavy atom. The summed E-state index contributed by atoms with van der Waals surface area (Å²) in [5.74, 6) is 2.71. The number of carbonyl (C=O) groups is 1. The maximum atomic E-state index is 12.4. The van der Waals surface area contributed by atoms with Crippen molar-refractivity contribution in [1.29, 1.82) is 0 Å². The van der Waals surface area contributed by atoms with Crippen LogP contribution < -0.4 is 5.43 Å². The second-order valence-corrected chi connectivity index (χ2v) is 11.3. The fourth-order valence-corrected chi connectivity index (χ4v) is 8.13. The van der Waals surface area contributed by atoms with Crippen LogP contribution in [0.5, 0.6) is 0 Å². The Morgan fingerprint density at radius 2 is 1.91 bits per heavy atom. The first-order valence-electron chi connectivity index (χ1n) is 12.5. The van der Waals surface area contributed by atoms with Gasteiger partial charge in [0.05, 0.1) is 11.8 Å². The van der Waals surface area contributed by atoms with Gasteiger partial charge in [-0.15, -0.1) is 0 Å². The molecule has 1 aromatic rings. The Morgan fingerprint density at radius 3 is 2.69 bits per heavy atom. The minimum atomic E-state index is -0.193. The molecule has 4 aliphatic carbocycles. The summed E-state index contributed by atoms with van der Waals surface area (Å²) in [5.41, 5.74) is 6.14. The van der Waals surface area contributed by atoms with Crippen LogP contribution in [0.15, 0.2) is 41.3 Å². The van der Waals surface area contributed by atoms with E-state index in [9.17, 15) is 9.90 Å². The normalized spacial score (nSPS) is 41.2. The van der Waals surface area contributed by atoms with Crippen molar-refractivity contribution in [3.8, 4) is 0 Å². The lowest BCUT2D eigenvalue weighted by Gasteiger charge is -2.60. The molecule has 1 aromatic heterocycles. The number of rotatable bonds is 3. The summed E-state index contributed by atoms with van der Waals surface area (Å²) in [6, 6.07) is 3.41. The Bertz CT molecular complexity index is 941. The summed E-state index contributed by atoms with van der Waals surface area (Å²) < 4.78 is 0. The van der Waals surface area contributed by atoms with Gasteiger partial charge in [0.15, 0.2) is 0 Å². The van der Waals surface area contributed by atoms with E-state index in [1.54, 1.807) is 24.5 Å². The number of nitrogens with one attached hydrogen (secondary N) is 1. The van der Waals surface area contributed by atoms with E-state index in [0.717, 1.165) is 36.8 Å². The van der Waals surface area contributed by atoms with E-state index in [4.69, 9.17) is 0 Å². The Hall–Kier alpha value is -2.01. The number of carbonyl (C=O) groups excluding carboxylic acids is 1. The molecule has 2 N–H and O–H groups in total. The number of pyridine rings is 1. The molecule has 1 amide bonds. The molecule has 3 saturated carbocycles. The molecule has 0 spiro atoms. The maximum Gasteiger partial charge on any atom is 0.271 e. The van der Waals surface area contributed by atoms with Crippen LogP contribution in [0.1, 0.15) is 82.5 Å². The quantitative estimate of drug-likeness (QED) is 0.511. The van der Waals surface area contributed by atoms with Crippen molar-refractivity contribution in [2.24, 2.45) is 39.6 Å². The SMILES string of the molecule is CC(=NNC(=O)c1ccncc1)C1=CC[C@@H]2[C@H]3CC[C@@H]4C[C@@H](O)CC[C@]4(C)[C@H]3CC[C@]12C. The molecule has 0 bridgehead atoms. The third-order valence-electron chi connectivity index (χ3n) is 9.88. The highest BCUT2D eigenvalue weighted by atomic mass is 16.3. The minimum absolute atomic E-state index is 0.0838. The molecule has 5 nitrogen and oxygen atoms in total. The largest absolute Gasteiger partial charge is 0.393 e. The topological polar surface area (TPSA) is 74.6 Å². The Labute approximate surface area is 191 Å². The fraction of sp³-hybridized carbons (Fsp3) is 0.667. The number of aliphatic hydroxyl groups is 1. The number of hydrogen-bond acceptors (Lipinski definition) is 4. The molecule has 0 saturated heterocycles. The van der Waals surface area contributed by atoms with Gasteiger partial charge in [-0.25, -0.2) is 5.43 Å². The molecule has 4 aliphatic rings. The fourth-order valence-electron chi connectivity index (χ4n) is 8.13. The third kappa shape index (κ3) is 3.44. The molecule has 5 heteroatoms. The first kappa shape index (κ1) is 21.8. The predicted octanol–water partition coefficient (Wildman–Crippen LogP) is 5.13. The summed E-state index contributed by atoms with van der Waals surface area (Å²) in [4.78, 5) is 16.4. The molecular formula is C27H37N3O2. The van der Waals surface area contributed by atoms with Gasteiger partial charge < -0.3 is 5.11 Å². The number of allylic oxidation sites excluding steroid dienone is 2. The van der Waals surface area contributed by atoms with Crippen LogP contribution in [0.3, 0.4) is 0 Å². The van der Waals surface area contributed by atoms with Gasteiger partial charge in [0.2, 0.25) is 0 Å². The number of nitrogens with zero attached hydrogens (tertiary/aromatic N) is 2. The van der Waals surface area contributed by atoms with Crippen molar-refractivity contribution >= 4 is 11.6 Å². The van der Waals surface area contributed by atoms with Crippen LogP contribution >= 0.6 is 0 Å². The van der Waals surface area contributed by atoms with Crippen LogP contribution in [0.4, 0.5) is 0 Å². The number of amides is 1. The zero-order valence-corrected chi connectivity index (χ0v) is 19.7. The first-order chi connectivity index (χ1) is 15.3. The molecule has 3 fully saturated rings. The average molecular weight is 436 g/mol. The van der Waals surface area contributed by atoms with Crippen LogP contribution in [0, 0.1) is 34.5 Å². The molecule has 7 atom stereocenters. The first-order valence-corrected chi connectivity index (χ1v) is 12.5. The van der Waals surface area contributed by atoms with Gasteiger partial charge in [-0.05, 0) is 110 Å². The van der Waals surface area contributed by atoms with Crippen molar-refractivity contribution < 1.29 is 9.90 Å². The molecule has 172 valence electrons. The lowest BCUT2D eigenvalue weighted by atomic mass is 9.44. The number of hydrogen-bond donors (Lipinski definition) is 2. The third-order valence-corrected chi connectivity index (χ3v) is 9.88. The van der Waals surface area contributed by atoms with Crippen molar-refractivity contribution in [3.05, 3.63) is 41.7 Å². The number of aromatic nitrogens is 1. The summed E-state index contributed by atoms with van der Waals surface area (Å²) in [5, 5.41) is 14.8. The number of fused-ring (bicyclic) bond motifs is 5. The van der Waals surface area contributed by atoms with Gasteiger partial charge >= 0.3 is 0 Å². The molecule has 5 rings (SSSR count). The number of hydrazone groups is 1. The van der Waals surface area contributed by atoms with Crippen molar-refractivity contribution in [2.75, 3.05) is 0 Å². The molecule has 32 heavy (non-hydrogen) atoms. The molecule has 0 radical (unpaired) electrons. The highest BCUT2D eigenvalue weighted by Crippen LogP contribution is 2.66. The lowest BCUT2D eigenvalue weighted by Crippen LogP contribution is -2.53. The second kappa shape index (κ2) is 8.09. The Kier molecular flexibility index (Phi) is 5.51. The van der Waals surface area contributed by atoms with E-state index in [0.29, 0.717) is 22.8 Å². The molecule has 0 aliphatic heterocycles. The van der Waals surface area contributed by atoms with Crippen LogP contribution in [-0.4, -0.2) is 27.8 Å². The molecular weight excluding hydrogens is 398 g/mol. The van der Waals surface area contributed by atoms with E-state index in [-0.39, 0.29) is 17.4 Å². The molecule has 0 unspecified atom stereocenters. The van der Waals surface area contributed by atoms with Crippen LogP contribution in [0.2, 0.25) is 0 Å². The van der Waals surface area contributed by atoms with Gasteiger partial charge in [0, 0.05) is 18.0 Å². The average Bonchev–Trinajstić information content (AvgIpc) is 3.15. The van der Waals surface area contributed by atoms with Crippen LogP contribution in [0.25, 0.3) is 0 Å². The maximum absolute atomic E-state index is 12.4. The summed E-state index contributed by atoms with van der Waals surface area (Å²) in [6.45, 7) is 7.02. The second-order valence-electron chi connectivity index (χ2n) is 11.3. The Balaban J connectivity index is 1.32. The van der Waals surface area contributed by atoms with E-state index >= 15 is 0 Å². The van der Waals surface area contributed by atoms with Crippen LogP contribution in [-0.2, 0) is 0 Å². The zero-order valence-electron chi connectivity index (χ0n) is 19.7. The summed E-state index contributed by atoms with van der Waals surface area (Å²) in [6.07, 6.45) is 14.9. The minimum Gasteiger partial charge on any atom is -0.393 e.